The van der Waals surface area contributed by atoms with Gasteiger partial charge in [0.2, 0.25) is 5.75 Å². The third kappa shape index (κ3) is 5.25. The van der Waals surface area contributed by atoms with E-state index in [4.69, 9.17) is 4.74 Å². The summed E-state index contributed by atoms with van der Waals surface area (Å²) in [5.41, 5.74) is 2.83. The van der Waals surface area contributed by atoms with Crippen LogP contribution in [-0.2, 0) is 24.2 Å². The van der Waals surface area contributed by atoms with Crippen molar-refractivity contribution < 1.29 is 18.1 Å². The minimum Gasteiger partial charge on any atom is -0.598 e. The summed E-state index contributed by atoms with van der Waals surface area (Å²) < 4.78 is 48.1. The quantitative estimate of drug-likeness (QED) is 0.431. The molecule has 0 N–H and O–H groups in total. The fraction of sp³-hybridized carbons (Fsp3) is 0.385. The van der Waals surface area contributed by atoms with Gasteiger partial charge in [0.25, 0.3) is 0 Å². The SMILES string of the molecule is O=c1c(OC2Cc3ccccc3C2)c(N2CCN([S+]([O-])CCCF)CC2)cnn1-c1cccc(F)c1. The first-order valence-electron chi connectivity index (χ1n) is 12.1. The molecule has 10 heteroatoms. The highest BCUT2D eigenvalue weighted by Gasteiger charge is 2.30. The van der Waals surface area contributed by atoms with Gasteiger partial charge in [-0.05, 0) is 29.3 Å². The van der Waals surface area contributed by atoms with Gasteiger partial charge in [0, 0.05) is 43.7 Å². The van der Waals surface area contributed by atoms with Crippen LogP contribution in [0.15, 0.2) is 59.5 Å². The molecule has 190 valence electrons. The van der Waals surface area contributed by atoms with Gasteiger partial charge in [-0.25, -0.2) is 4.39 Å². The number of piperazine rings is 1. The lowest BCUT2D eigenvalue weighted by Crippen LogP contribution is -2.49. The minimum absolute atomic E-state index is 0.180. The molecule has 0 saturated carbocycles. The molecular weight excluding hydrogens is 486 g/mol. The van der Waals surface area contributed by atoms with Crippen molar-refractivity contribution in [1.29, 1.82) is 0 Å². The lowest BCUT2D eigenvalue weighted by molar-refractivity contribution is 0.209. The van der Waals surface area contributed by atoms with E-state index < -0.39 is 29.4 Å². The molecule has 0 bridgehead atoms. The Hall–Kier alpha value is -2.95. The standard InChI is InChI=1S/C26H28F2N4O3S/c27-9-4-14-36(34)31-12-10-30(11-13-31)24-18-29-32(22-8-3-7-21(28)17-22)26(33)25(24)35-23-15-19-5-1-2-6-20(19)16-23/h1-3,5-8,17-18,23H,4,9-16H2. The number of nitrogens with zero attached hydrogens (tertiary/aromatic N) is 4. The summed E-state index contributed by atoms with van der Waals surface area (Å²) in [4.78, 5) is 15.6. The van der Waals surface area contributed by atoms with Crippen LogP contribution >= 0.6 is 0 Å². The maximum Gasteiger partial charge on any atom is 0.316 e. The molecule has 1 aliphatic heterocycles. The van der Waals surface area contributed by atoms with Gasteiger partial charge in [-0.15, -0.1) is 4.31 Å². The van der Waals surface area contributed by atoms with Crippen molar-refractivity contribution >= 4 is 17.0 Å². The van der Waals surface area contributed by atoms with Gasteiger partial charge in [-0.2, -0.15) is 9.78 Å². The van der Waals surface area contributed by atoms with E-state index in [1.54, 1.807) is 12.3 Å². The first-order valence-corrected chi connectivity index (χ1v) is 13.4. The van der Waals surface area contributed by atoms with E-state index in [1.165, 1.54) is 29.3 Å². The average Bonchev–Trinajstić information content (AvgIpc) is 3.31. The highest BCUT2D eigenvalue weighted by molar-refractivity contribution is 7.89. The zero-order chi connectivity index (χ0) is 25.1. The molecule has 1 saturated heterocycles. The lowest BCUT2D eigenvalue weighted by Gasteiger charge is -2.36. The second-order valence-electron chi connectivity index (χ2n) is 8.96. The van der Waals surface area contributed by atoms with Crippen LogP contribution in [0.2, 0.25) is 0 Å². The van der Waals surface area contributed by atoms with E-state index in [9.17, 15) is 18.1 Å². The van der Waals surface area contributed by atoms with Crippen molar-refractivity contribution in [3.63, 3.8) is 0 Å². The fourth-order valence-electron chi connectivity index (χ4n) is 4.77. The molecule has 3 aromatic rings. The van der Waals surface area contributed by atoms with E-state index >= 15 is 0 Å². The Bertz CT molecular complexity index is 1240. The van der Waals surface area contributed by atoms with Crippen LogP contribution in [0.3, 0.4) is 0 Å². The number of hydrogen-bond acceptors (Lipinski definition) is 6. The summed E-state index contributed by atoms with van der Waals surface area (Å²) in [7, 11) is 0. The van der Waals surface area contributed by atoms with E-state index in [1.807, 2.05) is 21.3 Å². The van der Waals surface area contributed by atoms with Crippen molar-refractivity contribution in [1.82, 2.24) is 14.1 Å². The van der Waals surface area contributed by atoms with Gasteiger partial charge in [-0.3, -0.25) is 9.18 Å². The van der Waals surface area contributed by atoms with Gasteiger partial charge in [0.15, 0.2) is 0 Å². The highest BCUT2D eigenvalue weighted by Crippen LogP contribution is 2.31. The molecule has 1 unspecified atom stereocenters. The lowest BCUT2D eigenvalue weighted by atomic mass is 10.1. The summed E-state index contributed by atoms with van der Waals surface area (Å²) in [6, 6.07) is 13.8. The van der Waals surface area contributed by atoms with Gasteiger partial charge < -0.3 is 14.2 Å². The number of aromatic nitrogens is 2. The second kappa shape index (κ2) is 11.0. The van der Waals surface area contributed by atoms with E-state index in [-0.39, 0.29) is 18.3 Å². The van der Waals surface area contributed by atoms with Crippen molar-refractivity contribution in [2.75, 3.05) is 43.5 Å². The Morgan fingerprint density at radius 1 is 1.06 bits per heavy atom. The molecule has 2 heterocycles. The Labute approximate surface area is 211 Å². The van der Waals surface area contributed by atoms with Gasteiger partial charge in [0.1, 0.15) is 23.4 Å². The van der Waals surface area contributed by atoms with Gasteiger partial charge in [-0.1, -0.05) is 30.3 Å². The highest BCUT2D eigenvalue weighted by atomic mass is 32.2. The normalized spacial score (nSPS) is 17.2. The van der Waals surface area contributed by atoms with Crippen molar-refractivity contribution in [2.24, 2.45) is 0 Å². The summed E-state index contributed by atoms with van der Waals surface area (Å²) in [6.45, 7) is 1.59. The first-order chi connectivity index (χ1) is 17.5. The van der Waals surface area contributed by atoms with E-state index in [0.29, 0.717) is 56.1 Å². The van der Waals surface area contributed by atoms with Crippen LogP contribution in [0.25, 0.3) is 5.69 Å². The topological polar surface area (TPSA) is 73.7 Å². The molecule has 0 spiro atoms. The predicted octanol–water partition coefficient (Wildman–Crippen LogP) is 3.06. The zero-order valence-electron chi connectivity index (χ0n) is 19.8. The van der Waals surface area contributed by atoms with Crippen LogP contribution in [0.5, 0.6) is 5.75 Å². The number of hydrogen-bond donors (Lipinski definition) is 0. The average molecular weight is 515 g/mol. The third-order valence-electron chi connectivity index (χ3n) is 6.59. The van der Waals surface area contributed by atoms with E-state index in [0.717, 1.165) is 4.68 Å². The number of alkyl halides is 1. The van der Waals surface area contributed by atoms with Gasteiger partial charge >= 0.3 is 5.56 Å². The number of halogens is 2. The van der Waals surface area contributed by atoms with Crippen LogP contribution in [0.1, 0.15) is 17.5 Å². The number of ether oxygens (including phenoxy) is 1. The maximum absolute atomic E-state index is 13.9. The number of fused-ring (bicyclic) bond motifs is 1. The van der Waals surface area contributed by atoms with Crippen molar-refractivity contribution in [2.45, 2.75) is 25.4 Å². The molecule has 0 radical (unpaired) electrons. The molecule has 2 aliphatic rings. The fourth-order valence-corrected chi connectivity index (χ4v) is 5.95. The smallest absolute Gasteiger partial charge is 0.316 e. The molecule has 1 atom stereocenters. The molecule has 36 heavy (non-hydrogen) atoms. The van der Waals surface area contributed by atoms with Crippen molar-refractivity contribution in [3.05, 3.63) is 82.0 Å². The monoisotopic (exact) mass is 514 g/mol. The second-order valence-corrected chi connectivity index (χ2v) is 10.5. The summed E-state index contributed by atoms with van der Waals surface area (Å²) >= 11 is -1.23. The largest absolute Gasteiger partial charge is 0.598 e. The van der Waals surface area contributed by atoms with Crippen molar-refractivity contribution in [3.8, 4) is 11.4 Å². The number of anilines is 1. The summed E-state index contributed by atoms with van der Waals surface area (Å²) in [5.74, 6) is 0.0214. The van der Waals surface area contributed by atoms with Gasteiger partial charge in [0.05, 0.1) is 31.6 Å². The van der Waals surface area contributed by atoms with Crippen LogP contribution < -0.4 is 15.2 Å². The molecule has 1 aliphatic carbocycles. The Morgan fingerprint density at radius 3 is 2.44 bits per heavy atom. The Kier molecular flexibility index (Phi) is 7.54. The Balaban J connectivity index is 1.42. The van der Waals surface area contributed by atoms with E-state index in [2.05, 4.69) is 17.2 Å². The summed E-state index contributed by atoms with van der Waals surface area (Å²) in [5, 5.41) is 4.33. The minimum atomic E-state index is -1.23. The predicted molar refractivity (Wildman–Crippen MR) is 135 cm³/mol. The molecule has 7 nitrogen and oxygen atoms in total. The molecule has 0 amide bonds. The molecule has 1 fully saturated rings. The molecular formula is C26H28F2N4O3S. The molecule has 1 aromatic heterocycles. The van der Waals surface area contributed by atoms with Crippen LogP contribution in [-0.4, -0.2) is 63.3 Å². The zero-order valence-corrected chi connectivity index (χ0v) is 20.6. The molecule has 2 aromatic carbocycles. The third-order valence-corrected chi connectivity index (χ3v) is 8.16. The summed E-state index contributed by atoms with van der Waals surface area (Å²) in [6.07, 6.45) is 3.04. The number of rotatable bonds is 8. The van der Waals surface area contributed by atoms with Crippen LogP contribution in [0.4, 0.5) is 14.5 Å². The maximum atomic E-state index is 13.9. The first kappa shape index (κ1) is 24.7. The van der Waals surface area contributed by atoms with Crippen LogP contribution in [0, 0.1) is 5.82 Å². The molecule has 5 rings (SSSR count). The Morgan fingerprint density at radius 2 is 1.78 bits per heavy atom. The number of benzene rings is 2.